The van der Waals surface area contributed by atoms with Gasteiger partial charge in [-0.1, -0.05) is 12.7 Å². The molecular weight excluding hydrogens is 174 g/mol. The molecule has 0 heterocycles. The average Bonchev–Trinajstić information content (AvgIpc) is 2.03. The standard InChI is InChI=1S/C9H16ClNO/c1-4-8(6-11-3)5-9(10)7(2)12/h4,6-7,9,11-12H,1,5H2,2-3H3/b8-6-/t7-,9?/m0/s1. The number of hydrogen-bond acceptors (Lipinski definition) is 2. The minimum atomic E-state index is -0.494. The van der Waals surface area contributed by atoms with Gasteiger partial charge in [0.15, 0.2) is 0 Å². The molecule has 0 radical (unpaired) electrons. The van der Waals surface area contributed by atoms with Gasteiger partial charge in [0.1, 0.15) is 0 Å². The van der Waals surface area contributed by atoms with Crippen LogP contribution in [0.4, 0.5) is 0 Å². The molecule has 0 aliphatic rings. The Morgan fingerprint density at radius 3 is 2.67 bits per heavy atom. The molecule has 0 aromatic carbocycles. The van der Waals surface area contributed by atoms with Gasteiger partial charge in [0.25, 0.3) is 0 Å². The quantitative estimate of drug-likeness (QED) is 0.509. The topological polar surface area (TPSA) is 32.3 Å². The zero-order valence-corrected chi connectivity index (χ0v) is 8.30. The van der Waals surface area contributed by atoms with Crippen molar-refractivity contribution in [3.63, 3.8) is 0 Å². The van der Waals surface area contributed by atoms with Gasteiger partial charge in [0.05, 0.1) is 11.5 Å². The summed E-state index contributed by atoms with van der Waals surface area (Å²) in [5, 5.41) is 11.8. The Bertz CT molecular complexity index is 166. The summed E-state index contributed by atoms with van der Waals surface area (Å²) in [6, 6.07) is 0. The molecule has 0 aromatic rings. The number of alkyl halides is 1. The second-order valence-electron chi connectivity index (χ2n) is 2.67. The molecule has 1 unspecified atom stereocenters. The number of aliphatic hydroxyl groups excluding tert-OH is 1. The molecule has 0 saturated heterocycles. The van der Waals surface area contributed by atoms with Crippen LogP contribution in [0.15, 0.2) is 24.4 Å². The highest BCUT2D eigenvalue weighted by molar-refractivity contribution is 6.21. The van der Waals surface area contributed by atoms with Crippen molar-refractivity contribution in [3.05, 3.63) is 24.4 Å². The van der Waals surface area contributed by atoms with Gasteiger partial charge in [0.2, 0.25) is 0 Å². The van der Waals surface area contributed by atoms with Crippen LogP contribution in [0.25, 0.3) is 0 Å². The fraction of sp³-hybridized carbons (Fsp3) is 0.556. The molecule has 0 spiro atoms. The highest BCUT2D eigenvalue weighted by Crippen LogP contribution is 2.14. The van der Waals surface area contributed by atoms with E-state index >= 15 is 0 Å². The third-order valence-electron chi connectivity index (χ3n) is 1.55. The number of allylic oxidation sites excluding steroid dienone is 2. The first kappa shape index (κ1) is 11.5. The van der Waals surface area contributed by atoms with E-state index in [1.807, 2.05) is 13.2 Å². The Labute approximate surface area is 78.9 Å². The van der Waals surface area contributed by atoms with Gasteiger partial charge in [-0.2, -0.15) is 0 Å². The average molecular weight is 190 g/mol. The Morgan fingerprint density at radius 2 is 2.33 bits per heavy atom. The summed E-state index contributed by atoms with van der Waals surface area (Å²) >= 11 is 5.86. The van der Waals surface area contributed by atoms with Crippen molar-refractivity contribution in [2.24, 2.45) is 0 Å². The van der Waals surface area contributed by atoms with Crippen LogP contribution < -0.4 is 5.32 Å². The highest BCUT2D eigenvalue weighted by atomic mass is 35.5. The van der Waals surface area contributed by atoms with Crippen LogP contribution in [0, 0.1) is 0 Å². The van der Waals surface area contributed by atoms with Crippen LogP contribution in [-0.4, -0.2) is 23.6 Å². The molecule has 2 nitrogen and oxygen atoms in total. The van der Waals surface area contributed by atoms with E-state index < -0.39 is 6.10 Å². The molecule has 0 aliphatic carbocycles. The van der Waals surface area contributed by atoms with Crippen LogP contribution in [0.1, 0.15) is 13.3 Å². The second-order valence-corrected chi connectivity index (χ2v) is 3.23. The fourth-order valence-electron chi connectivity index (χ4n) is 0.782. The fourth-order valence-corrected chi connectivity index (χ4v) is 0.960. The molecule has 0 rings (SSSR count). The van der Waals surface area contributed by atoms with Gasteiger partial charge < -0.3 is 10.4 Å². The summed E-state index contributed by atoms with van der Waals surface area (Å²) in [6.45, 7) is 5.32. The van der Waals surface area contributed by atoms with E-state index in [-0.39, 0.29) is 5.38 Å². The van der Waals surface area contributed by atoms with Gasteiger partial charge in [-0.25, -0.2) is 0 Å². The SMILES string of the molecule is C=C/C(=C/NC)CC(Cl)[C@H](C)O. The number of nitrogens with one attached hydrogen (secondary N) is 1. The van der Waals surface area contributed by atoms with E-state index in [1.54, 1.807) is 13.0 Å². The third-order valence-corrected chi connectivity index (χ3v) is 2.07. The maximum absolute atomic E-state index is 9.12. The molecule has 2 N–H and O–H groups in total. The lowest BCUT2D eigenvalue weighted by Gasteiger charge is -2.12. The minimum Gasteiger partial charge on any atom is -0.394 e. The van der Waals surface area contributed by atoms with E-state index in [1.165, 1.54) is 0 Å². The first-order valence-corrected chi connectivity index (χ1v) is 4.36. The second kappa shape index (κ2) is 6.09. The van der Waals surface area contributed by atoms with Crippen molar-refractivity contribution in [2.75, 3.05) is 7.05 Å². The first-order chi connectivity index (χ1) is 5.61. The van der Waals surface area contributed by atoms with E-state index in [0.717, 1.165) is 5.57 Å². The monoisotopic (exact) mass is 189 g/mol. The zero-order chi connectivity index (χ0) is 9.56. The van der Waals surface area contributed by atoms with Crippen molar-refractivity contribution >= 4 is 11.6 Å². The summed E-state index contributed by atoms with van der Waals surface area (Å²) in [4.78, 5) is 0. The zero-order valence-electron chi connectivity index (χ0n) is 7.55. The third kappa shape index (κ3) is 4.42. The van der Waals surface area contributed by atoms with E-state index in [0.29, 0.717) is 6.42 Å². The lowest BCUT2D eigenvalue weighted by molar-refractivity contribution is 0.189. The lowest BCUT2D eigenvalue weighted by atomic mass is 10.1. The number of aliphatic hydroxyl groups is 1. The molecule has 0 bridgehead atoms. The molecule has 70 valence electrons. The maximum Gasteiger partial charge on any atom is 0.0678 e. The predicted octanol–water partition coefficient (Wildman–Crippen LogP) is 1.65. The molecule has 2 atom stereocenters. The number of hydrogen-bond donors (Lipinski definition) is 2. The van der Waals surface area contributed by atoms with Crippen LogP contribution in [0.5, 0.6) is 0 Å². The largest absolute Gasteiger partial charge is 0.394 e. The van der Waals surface area contributed by atoms with Gasteiger partial charge in [-0.3, -0.25) is 0 Å². The Morgan fingerprint density at radius 1 is 1.75 bits per heavy atom. The van der Waals surface area contributed by atoms with Gasteiger partial charge in [-0.15, -0.1) is 11.6 Å². The molecule has 0 fully saturated rings. The number of rotatable bonds is 5. The molecule has 0 saturated carbocycles. The summed E-state index contributed by atoms with van der Waals surface area (Å²) in [5.41, 5.74) is 0.999. The molecule has 0 aromatic heterocycles. The minimum absolute atomic E-state index is 0.248. The van der Waals surface area contributed by atoms with Crippen molar-refractivity contribution in [1.82, 2.24) is 5.32 Å². The summed E-state index contributed by atoms with van der Waals surface area (Å²) < 4.78 is 0. The van der Waals surface area contributed by atoms with Gasteiger partial charge in [-0.05, 0) is 25.1 Å². The van der Waals surface area contributed by atoms with Gasteiger partial charge >= 0.3 is 0 Å². The first-order valence-electron chi connectivity index (χ1n) is 3.92. The summed E-state index contributed by atoms with van der Waals surface area (Å²) in [5.74, 6) is 0. The Hall–Kier alpha value is -0.470. The molecule has 3 heteroatoms. The van der Waals surface area contributed by atoms with E-state index in [9.17, 15) is 0 Å². The van der Waals surface area contributed by atoms with Crippen molar-refractivity contribution in [2.45, 2.75) is 24.8 Å². The van der Waals surface area contributed by atoms with Crippen molar-refractivity contribution in [1.29, 1.82) is 0 Å². The van der Waals surface area contributed by atoms with Crippen LogP contribution in [0.2, 0.25) is 0 Å². The Balaban J connectivity index is 4.02. The van der Waals surface area contributed by atoms with Crippen molar-refractivity contribution < 1.29 is 5.11 Å². The van der Waals surface area contributed by atoms with E-state index in [2.05, 4.69) is 11.9 Å². The summed E-state index contributed by atoms with van der Waals surface area (Å²) in [7, 11) is 1.81. The highest BCUT2D eigenvalue weighted by Gasteiger charge is 2.11. The predicted molar refractivity (Wildman–Crippen MR) is 53.3 cm³/mol. The van der Waals surface area contributed by atoms with Crippen molar-refractivity contribution in [3.8, 4) is 0 Å². The Kier molecular flexibility index (Phi) is 5.85. The molecule has 0 aliphatic heterocycles. The van der Waals surface area contributed by atoms with Crippen LogP contribution in [0.3, 0.4) is 0 Å². The van der Waals surface area contributed by atoms with Crippen LogP contribution >= 0.6 is 11.6 Å². The summed E-state index contributed by atoms with van der Waals surface area (Å²) in [6.07, 6.45) is 3.69. The van der Waals surface area contributed by atoms with E-state index in [4.69, 9.17) is 16.7 Å². The van der Waals surface area contributed by atoms with Gasteiger partial charge in [0, 0.05) is 7.05 Å². The smallest absolute Gasteiger partial charge is 0.0678 e. The molecule has 0 amide bonds. The maximum atomic E-state index is 9.12. The molecule has 12 heavy (non-hydrogen) atoms. The number of halogens is 1. The lowest BCUT2D eigenvalue weighted by Crippen LogP contribution is -2.17. The van der Waals surface area contributed by atoms with Crippen LogP contribution in [-0.2, 0) is 0 Å². The molecular formula is C9H16ClNO. The normalized spacial score (nSPS) is 16.8.